The monoisotopic (exact) mass is 514 g/mol. The van der Waals surface area contributed by atoms with Crippen LogP contribution in [0.15, 0.2) is 42.5 Å². The summed E-state index contributed by atoms with van der Waals surface area (Å²) >= 11 is 0. The molecule has 0 bridgehead atoms. The Hall–Kier alpha value is -1.95. The summed E-state index contributed by atoms with van der Waals surface area (Å²) in [6.07, 6.45) is -9.31. The molecule has 2 aromatic carbocycles. The minimum atomic E-state index is -6.95. The average Bonchev–Trinajstić information content (AvgIpc) is 2.93. The van der Waals surface area contributed by atoms with Crippen LogP contribution in [0.1, 0.15) is 39.7 Å². The van der Waals surface area contributed by atoms with Crippen LogP contribution in [0.2, 0.25) is 5.82 Å². The van der Waals surface area contributed by atoms with Crippen LogP contribution in [0.4, 0.5) is 39.5 Å². The lowest BCUT2D eigenvalue weighted by atomic mass is 9.65. The fourth-order valence-corrected chi connectivity index (χ4v) is 3.88. The zero-order valence-electron chi connectivity index (χ0n) is 19.3. The van der Waals surface area contributed by atoms with E-state index in [-0.39, 0.29) is 0 Å². The highest BCUT2D eigenvalue weighted by molar-refractivity contribution is 6.47. The predicted molar refractivity (Wildman–Crippen MR) is 113 cm³/mol. The fraction of sp³-hybridized carbons (Fsp3) is 0.565. The van der Waals surface area contributed by atoms with E-state index in [0.29, 0.717) is 10.9 Å². The quantitative estimate of drug-likeness (QED) is 0.279. The van der Waals surface area contributed by atoms with E-state index in [1.165, 1.54) is 6.07 Å². The lowest BCUT2D eigenvalue weighted by Crippen LogP contribution is -2.61. The van der Waals surface area contributed by atoms with Crippen LogP contribution in [0.25, 0.3) is 10.8 Å². The molecule has 0 aromatic heterocycles. The van der Waals surface area contributed by atoms with Crippen LogP contribution in [0.3, 0.4) is 0 Å². The standard InChI is InChI=1S/C23H24BF9O2/c1-18(2)19(3,4)35-24(34-18)17(12-14-9-10-15-7-5-6-8-16(15)11-14)13-20(25,26)21(27,28)22(29,30)23(31,32)33/h5-11,17H,12-13H2,1-4H3. The minimum Gasteiger partial charge on any atom is -0.403 e. The third-order valence-corrected chi connectivity index (χ3v) is 6.70. The Morgan fingerprint density at radius 3 is 1.77 bits per heavy atom. The maximum Gasteiger partial charge on any atom is 0.461 e. The van der Waals surface area contributed by atoms with E-state index in [0.717, 1.165) is 5.39 Å². The Balaban J connectivity index is 1.99. The molecule has 0 spiro atoms. The summed E-state index contributed by atoms with van der Waals surface area (Å²) in [6.45, 7) is 6.24. The van der Waals surface area contributed by atoms with Crippen molar-refractivity contribution in [2.75, 3.05) is 0 Å². The van der Waals surface area contributed by atoms with E-state index < -0.39 is 60.9 Å². The van der Waals surface area contributed by atoms with Crippen molar-refractivity contribution in [3.05, 3.63) is 48.0 Å². The molecular weight excluding hydrogens is 490 g/mol. The Morgan fingerprint density at radius 1 is 0.743 bits per heavy atom. The molecule has 12 heteroatoms. The van der Waals surface area contributed by atoms with Crippen molar-refractivity contribution in [1.29, 1.82) is 0 Å². The Kier molecular flexibility index (Phi) is 6.77. The maximum absolute atomic E-state index is 14.6. The van der Waals surface area contributed by atoms with Gasteiger partial charge in [0, 0.05) is 12.2 Å². The smallest absolute Gasteiger partial charge is 0.403 e. The number of halogens is 9. The van der Waals surface area contributed by atoms with Gasteiger partial charge in [-0.1, -0.05) is 42.5 Å². The van der Waals surface area contributed by atoms with Crippen molar-refractivity contribution < 1.29 is 48.8 Å². The SMILES string of the molecule is CC1(C)OB(C(Cc2ccc3ccccc3c2)CC(F)(F)C(F)(F)C(F)(F)C(F)(F)F)OC1(C)C. The van der Waals surface area contributed by atoms with Gasteiger partial charge in [-0.15, -0.1) is 0 Å². The molecule has 0 N–H and O–H groups in total. The minimum absolute atomic E-state index is 0.366. The van der Waals surface area contributed by atoms with Gasteiger partial charge in [-0.3, -0.25) is 0 Å². The van der Waals surface area contributed by atoms with E-state index in [9.17, 15) is 39.5 Å². The van der Waals surface area contributed by atoms with Crippen LogP contribution in [0.5, 0.6) is 0 Å². The number of hydrogen-bond donors (Lipinski definition) is 0. The molecule has 1 unspecified atom stereocenters. The Labute approximate surface area is 196 Å². The van der Waals surface area contributed by atoms with E-state index in [4.69, 9.17) is 9.31 Å². The summed E-state index contributed by atoms with van der Waals surface area (Å²) in [5.41, 5.74) is -1.81. The molecule has 1 aliphatic heterocycles. The Bertz CT molecular complexity index is 1050. The van der Waals surface area contributed by atoms with E-state index >= 15 is 0 Å². The van der Waals surface area contributed by atoms with Gasteiger partial charge in [0.05, 0.1) is 11.2 Å². The molecule has 3 rings (SSSR count). The highest BCUT2D eigenvalue weighted by Crippen LogP contribution is 2.56. The lowest BCUT2D eigenvalue weighted by molar-refractivity contribution is -0.396. The second-order valence-corrected chi connectivity index (χ2v) is 9.83. The van der Waals surface area contributed by atoms with E-state index in [1.807, 2.05) is 0 Å². The molecule has 35 heavy (non-hydrogen) atoms. The average molecular weight is 514 g/mol. The summed E-state index contributed by atoms with van der Waals surface area (Å²) in [7, 11) is -1.56. The third-order valence-electron chi connectivity index (χ3n) is 6.70. The number of hydrogen-bond acceptors (Lipinski definition) is 2. The molecule has 194 valence electrons. The van der Waals surface area contributed by atoms with Gasteiger partial charge in [0.25, 0.3) is 0 Å². The van der Waals surface area contributed by atoms with Gasteiger partial charge in [-0.05, 0) is 50.5 Å². The number of fused-ring (bicyclic) bond motifs is 1. The molecule has 0 aliphatic carbocycles. The molecule has 1 aliphatic rings. The zero-order valence-corrected chi connectivity index (χ0v) is 19.3. The first-order valence-electron chi connectivity index (χ1n) is 10.8. The highest BCUT2D eigenvalue weighted by atomic mass is 19.4. The van der Waals surface area contributed by atoms with Gasteiger partial charge in [0.2, 0.25) is 0 Å². The van der Waals surface area contributed by atoms with Crippen LogP contribution >= 0.6 is 0 Å². The van der Waals surface area contributed by atoms with E-state index in [1.54, 1.807) is 64.1 Å². The topological polar surface area (TPSA) is 18.5 Å². The molecule has 0 amide bonds. The number of rotatable bonds is 7. The molecular formula is C23H24BF9O2. The molecule has 0 saturated carbocycles. The summed E-state index contributed by atoms with van der Waals surface area (Å²) in [4.78, 5) is 0. The van der Waals surface area contributed by atoms with Gasteiger partial charge in [0.1, 0.15) is 0 Å². The number of benzene rings is 2. The second kappa shape index (κ2) is 8.57. The van der Waals surface area contributed by atoms with Crippen molar-refractivity contribution >= 4 is 17.9 Å². The van der Waals surface area contributed by atoms with Gasteiger partial charge in [0.15, 0.2) is 0 Å². The van der Waals surface area contributed by atoms with Crippen molar-refractivity contribution in [3.63, 3.8) is 0 Å². The van der Waals surface area contributed by atoms with Crippen molar-refractivity contribution in [1.82, 2.24) is 0 Å². The van der Waals surface area contributed by atoms with Crippen molar-refractivity contribution in [2.45, 2.75) is 81.5 Å². The van der Waals surface area contributed by atoms with Crippen LogP contribution in [-0.2, 0) is 15.7 Å². The summed E-state index contributed by atoms with van der Waals surface area (Å²) in [5.74, 6) is -21.1. The molecule has 0 radical (unpaired) electrons. The van der Waals surface area contributed by atoms with Gasteiger partial charge >= 0.3 is 31.1 Å². The lowest BCUT2D eigenvalue weighted by Gasteiger charge is -2.35. The van der Waals surface area contributed by atoms with Gasteiger partial charge in [-0.25, -0.2) is 0 Å². The number of alkyl halides is 9. The molecule has 1 saturated heterocycles. The van der Waals surface area contributed by atoms with Crippen molar-refractivity contribution in [2.24, 2.45) is 0 Å². The second-order valence-electron chi connectivity index (χ2n) is 9.83. The molecule has 1 atom stereocenters. The first-order chi connectivity index (χ1) is 15.7. The molecule has 1 heterocycles. The van der Waals surface area contributed by atoms with Crippen molar-refractivity contribution in [3.8, 4) is 0 Å². The van der Waals surface area contributed by atoms with Crippen LogP contribution in [0, 0.1) is 0 Å². The van der Waals surface area contributed by atoms with Gasteiger partial charge < -0.3 is 9.31 Å². The summed E-state index contributed by atoms with van der Waals surface area (Å²) in [6, 6.07) is 11.7. The van der Waals surface area contributed by atoms with E-state index in [2.05, 4.69) is 0 Å². The largest absolute Gasteiger partial charge is 0.461 e. The van der Waals surface area contributed by atoms with Crippen LogP contribution < -0.4 is 0 Å². The van der Waals surface area contributed by atoms with Crippen LogP contribution in [-0.4, -0.2) is 42.3 Å². The zero-order chi connectivity index (χ0) is 26.7. The normalized spacial score (nSPS) is 19.9. The summed E-state index contributed by atoms with van der Waals surface area (Å²) in [5, 5.41) is 1.49. The first kappa shape index (κ1) is 27.6. The Morgan fingerprint density at radius 2 is 1.26 bits per heavy atom. The molecule has 2 nitrogen and oxygen atoms in total. The highest BCUT2D eigenvalue weighted by Gasteiger charge is 2.81. The predicted octanol–water partition coefficient (Wildman–Crippen LogP) is 7.70. The molecule has 2 aromatic rings. The maximum atomic E-state index is 14.6. The summed E-state index contributed by atoms with van der Waals surface area (Å²) < 4.78 is 133. The first-order valence-corrected chi connectivity index (χ1v) is 10.8. The molecule has 1 fully saturated rings. The third kappa shape index (κ3) is 4.88. The fourth-order valence-electron chi connectivity index (χ4n) is 3.88. The van der Waals surface area contributed by atoms with Gasteiger partial charge in [-0.2, -0.15) is 39.5 Å².